The van der Waals surface area contributed by atoms with Crippen LogP contribution in [0.1, 0.15) is 5.56 Å². The third-order valence-corrected chi connectivity index (χ3v) is 4.21. The summed E-state index contributed by atoms with van der Waals surface area (Å²) in [5, 5.41) is 1.79. The van der Waals surface area contributed by atoms with Gasteiger partial charge in [-0.2, -0.15) is 0 Å². The fraction of sp³-hybridized carbons (Fsp3) is 0.200. The zero-order chi connectivity index (χ0) is 13.8. The lowest BCUT2D eigenvalue weighted by Crippen LogP contribution is -2.27. The minimum Gasteiger partial charge on any atom is -0.317 e. The fourth-order valence-corrected chi connectivity index (χ4v) is 3.13. The summed E-state index contributed by atoms with van der Waals surface area (Å²) in [6.45, 7) is 1.63. The normalized spacial score (nSPS) is 14.2. The highest BCUT2D eigenvalue weighted by atomic mass is 35.5. The van der Waals surface area contributed by atoms with Crippen molar-refractivity contribution in [1.82, 2.24) is 4.98 Å². The van der Waals surface area contributed by atoms with Crippen molar-refractivity contribution < 1.29 is 0 Å². The molecule has 3 nitrogen and oxygen atoms in total. The van der Waals surface area contributed by atoms with E-state index in [0.29, 0.717) is 0 Å². The summed E-state index contributed by atoms with van der Waals surface area (Å²) in [5.41, 5.74) is 2.22. The Morgan fingerprint density at radius 2 is 2.20 bits per heavy atom. The highest BCUT2D eigenvalue weighted by Gasteiger charge is 2.18. The van der Waals surface area contributed by atoms with Gasteiger partial charge in [0.05, 0.1) is 13.1 Å². The van der Waals surface area contributed by atoms with Crippen LogP contribution in [-0.4, -0.2) is 22.4 Å². The molecule has 2 heterocycles. The molecule has 1 aromatic carbocycles. The molecule has 0 unspecified atom stereocenters. The van der Waals surface area contributed by atoms with Gasteiger partial charge >= 0.3 is 0 Å². The molecule has 1 aliphatic rings. The van der Waals surface area contributed by atoms with Crippen LogP contribution in [0.3, 0.4) is 0 Å². The molecule has 1 aliphatic heterocycles. The van der Waals surface area contributed by atoms with Crippen molar-refractivity contribution in [1.29, 1.82) is 0 Å². The summed E-state index contributed by atoms with van der Waals surface area (Å²) in [6, 6.07) is 11.9. The Morgan fingerprint density at radius 1 is 1.25 bits per heavy atom. The van der Waals surface area contributed by atoms with Crippen LogP contribution >= 0.6 is 23.4 Å². The second kappa shape index (κ2) is 6.29. The molecule has 0 N–H and O–H groups in total. The van der Waals surface area contributed by atoms with Gasteiger partial charge in [0.25, 0.3) is 0 Å². The summed E-state index contributed by atoms with van der Waals surface area (Å²) in [7, 11) is 0. The molecule has 2 aromatic rings. The fourth-order valence-electron chi connectivity index (χ4n) is 2.07. The van der Waals surface area contributed by atoms with Crippen molar-refractivity contribution in [2.45, 2.75) is 6.54 Å². The predicted octanol–water partition coefficient (Wildman–Crippen LogP) is 3.84. The topological polar surface area (TPSA) is 28.5 Å². The van der Waals surface area contributed by atoms with Crippen LogP contribution in [0.25, 0.3) is 0 Å². The number of thioether (sulfide) groups is 1. The average molecular weight is 304 g/mol. The van der Waals surface area contributed by atoms with Crippen molar-refractivity contribution in [2.75, 3.05) is 17.2 Å². The summed E-state index contributed by atoms with van der Waals surface area (Å²) >= 11 is 7.90. The Balaban J connectivity index is 1.92. The molecule has 1 aromatic heterocycles. The lowest BCUT2D eigenvalue weighted by atomic mass is 10.2. The molecule has 102 valence electrons. The van der Waals surface area contributed by atoms with E-state index in [1.54, 1.807) is 18.0 Å². The highest BCUT2D eigenvalue weighted by Crippen LogP contribution is 2.26. The van der Waals surface area contributed by atoms with E-state index in [0.717, 1.165) is 40.3 Å². The Kier molecular flexibility index (Phi) is 4.23. The SMILES string of the molecule is Clc1cccc(N(Cc2cccnc2)C2=NCCS2)c1. The first-order chi connectivity index (χ1) is 9.83. The zero-order valence-corrected chi connectivity index (χ0v) is 12.4. The highest BCUT2D eigenvalue weighted by molar-refractivity contribution is 8.14. The van der Waals surface area contributed by atoms with Crippen LogP contribution in [-0.2, 0) is 6.54 Å². The average Bonchev–Trinajstić information content (AvgIpc) is 3.00. The maximum Gasteiger partial charge on any atom is 0.164 e. The van der Waals surface area contributed by atoms with E-state index in [1.165, 1.54) is 0 Å². The van der Waals surface area contributed by atoms with E-state index in [-0.39, 0.29) is 0 Å². The van der Waals surface area contributed by atoms with Gasteiger partial charge in [0, 0.05) is 28.9 Å². The van der Waals surface area contributed by atoms with Crippen LogP contribution < -0.4 is 4.90 Å². The first-order valence-electron chi connectivity index (χ1n) is 6.42. The summed E-state index contributed by atoms with van der Waals surface area (Å²) in [4.78, 5) is 11.0. The molecule has 0 bridgehead atoms. The van der Waals surface area contributed by atoms with Gasteiger partial charge in [-0.1, -0.05) is 35.5 Å². The number of rotatable bonds is 3. The second-order valence-electron chi connectivity index (χ2n) is 4.44. The molecular formula is C15H14ClN3S. The largest absolute Gasteiger partial charge is 0.317 e. The van der Waals surface area contributed by atoms with Crippen molar-refractivity contribution in [3.8, 4) is 0 Å². The first-order valence-corrected chi connectivity index (χ1v) is 7.78. The molecule has 0 saturated carbocycles. The van der Waals surface area contributed by atoms with Gasteiger partial charge in [-0.25, -0.2) is 0 Å². The number of aliphatic imine (C=N–C) groups is 1. The van der Waals surface area contributed by atoms with Crippen molar-refractivity contribution >= 4 is 34.2 Å². The molecule has 0 fully saturated rings. The quantitative estimate of drug-likeness (QED) is 0.862. The van der Waals surface area contributed by atoms with Gasteiger partial charge in [-0.3, -0.25) is 9.98 Å². The van der Waals surface area contributed by atoms with Crippen molar-refractivity contribution in [3.05, 3.63) is 59.4 Å². The number of anilines is 1. The smallest absolute Gasteiger partial charge is 0.164 e. The number of halogens is 1. The first kappa shape index (κ1) is 13.5. The van der Waals surface area contributed by atoms with Gasteiger partial charge in [0.1, 0.15) is 0 Å². The Labute approximate surface area is 127 Å². The van der Waals surface area contributed by atoms with Crippen LogP contribution in [0.4, 0.5) is 5.69 Å². The van der Waals surface area contributed by atoms with Gasteiger partial charge < -0.3 is 4.90 Å². The molecular weight excluding hydrogens is 290 g/mol. The Bertz CT molecular complexity index is 616. The van der Waals surface area contributed by atoms with Crippen LogP contribution in [0.2, 0.25) is 5.02 Å². The van der Waals surface area contributed by atoms with Crippen LogP contribution in [0.5, 0.6) is 0 Å². The molecule has 20 heavy (non-hydrogen) atoms. The molecule has 0 spiro atoms. The van der Waals surface area contributed by atoms with Crippen molar-refractivity contribution in [2.24, 2.45) is 4.99 Å². The number of hydrogen-bond acceptors (Lipinski definition) is 4. The van der Waals surface area contributed by atoms with Gasteiger partial charge in [-0.15, -0.1) is 0 Å². The molecule has 0 saturated heterocycles. The standard InChI is InChI=1S/C15H14ClN3S/c16-13-4-1-5-14(9-13)19(15-18-7-8-20-15)11-12-3-2-6-17-10-12/h1-6,9-10H,7-8,11H2. The lowest BCUT2D eigenvalue weighted by Gasteiger charge is -2.24. The van der Waals surface area contributed by atoms with Crippen molar-refractivity contribution in [3.63, 3.8) is 0 Å². The number of benzene rings is 1. The molecule has 0 aliphatic carbocycles. The summed E-state index contributed by atoms with van der Waals surface area (Å²) < 4.78 is 0. The van der Waals surface area contributed by atoms with Crippen LogP contribution in [0, 0.1) is 0 Å². The molecule has 0 atom stereocenters. The number of aromatic nitrogens is 1. The molecule has 0 amide bonds. The third-order valence-electron chi connectivity index (χ3n) is 2.98. The van der Waals surface area contributed by atoms with Gasteiger partial charge in [0.2, 0.25) is 0 Å². The Hall–Kier alpha value is -1.52. The Morgan fingerprint density at radius 3 is 2.90 bits per heavy atom. The maximum absolute atomic E-state index is 6.11. The number of amidine groups is 1. The number of nitrogens with zero attached hydrogens (tertiary/aromatic N) is 3. The van der Waals surface area contributed by atoms with Gasteiger partial charge in [0.15, 0.2) is 5.17 Å². The minimum absolute atomic E-state index is 0.738. The molecule has 0 radical (unpaired) electrons. The van der Waals surface area contributed by atoms with Gasteiger partial charge in [-0.05, 0) is 29.8 Å². The van der Waals surface area contributed by atoms with Crippen LogP contribution in [0.15, 0.2) is 53.8 Å². The van der Waals surface area contributed by atoms with E-state index < -0.39 is 0 Å². The van der Waals surface area contributed by atoms with E-state index in [4.69, 9.17) is 11.6 Å². The third kappa shape index (κ3) is 3.14. The second-order valence-corrected chi connectivity index (χ2v) is 5.94. The molecule has 3 rings (SSSR count). The number of hydrogen-bond donors (Lipinski definition) is 0. The monoisotopic (exact) mass is 303 g/mol. The predicted molar refractivity (Wildman–Crippen MR) is 86.6 cm³/mol. The van der Waals surface area contributed by atoms with E-state index in [9.17, 15) is 0 Å². The lowest BCUT2D eigenvalue weighted by molar-refractivity contribution is 0.994. The zero-order valence-electron chi connectivity index (χ0n) is 10.9. The minimum atomic E-state index is 0.738. The molecule has 5 heteroatoms. The summed E-state index contributed by atoms with van der Waals surface area (Å²) in [5.74, 6) is 1.04. The van der Waals surface area contributed by atoms with E-state index >= 15 is 0 Å². The maximum atomic E-state index is 6.11. The summed E-state index contributed by atoms with van der Waals surface area (Å²) in [6.07, 6.45) is 3.67. The van der Waals surface area contributed by atoms with E-state index in [1.807, 2.05) is 30.5 Å². The van der Waals surface area contributed by atoms with E-state index in [2.05, 4.69) is 27.0 Å². The number of pyridine rings is 1.